The molecule has 0 aliphatic heterocycles. The zero-order chi connectivity index (χ0) is 13.1. The molecule has 0 spiro atoms. The monoisotopic (exact) mass is 255 g/mol. The summed E-state index contributed by atoms with van der Waals surface area (Å²) in [6, 6.07) is 6.07. The van der Waals surface area contributed by atoms with Gasteiger partial charge in [-0.1, -0.05) is 0 Å². The second-order valence-corrected chi connectivity index (χ2v) is 3.96. The molecule has 0 unspecified atom stereocenters. The summed E-state index contributed by atoms with van der Waals surface area (Å²) < 4.78 is 23.3. The first-order valence-corrected chi connectivity index (χ1v) is 6.49. The Morgan fingerprint density at radius 2 is 1.83 bits per heavy atom. The van der Waals surface area contributed by atoms with Gasteiger partial charge in [0.1, 0.15) is 18.2 Å². The summed E-state index contributed by atoms with van der Waals surface area (Å²) in [5.74, 6) is 0.462. The highest BCUT2D eigenvalue weighted by Crippen LogP contribution is 2.10. The Morgan fingerprint density at radius 1 is 1.06 bits per heavy atom. The van der Waals surface area contributed by atoms with Crippen LogP contribution >= 0.6 is 0 Å². The summed E-state index contributed by atoms with van der Waals surface area (Å²) in [5.41, 5.74) is 0. The van der Waals surface area contributed by atoms with Crippen molar-refractivity contribution in [2.24, 2.45) is 0 Å². The molecule has 1 N–H and O–H groups in total. The minimum Gasteiger partial charge on any atom is -0.492 e. The van der Waals surface area contributed by atoms with Gasteiger partial charge in [-0.15, -0.1) is 0 Å². The maximum absolute atomic E-state index is 12.6. The van der Waals surface area contributed by atoms with Crippen LogP contribution in [0.3, 0.4) is 0 Å². The third-order valence-corrected chi connectivity index (χ3v) is 2.46. The number of unbranched alkanes of at least 4 members (excludes halogenated alkanes) is 1. The van der Waals surface area contributed by atoms with E-state index in [2.05, 4.69) is 5.32 Å². The van der Waals surface area contributed by atoms with Crippen molar-refractivity contribution in [3.05, 3.63) is 30.1 Å². The van der Waals surface area contributed by atoms with Crippen molar-refractivity contribution in [1.82, 2.24) is 5.32 Å². The molecule has 1 aromatic rings. The van der Waals surface area contributed by atoms with Gasteiger partial charge in [0.25, 0.3) is 0 Å². The molecule has 0 aliphatic rings. The van der Waals surface area contributed by atoms with Crippen LogP contribution in [0, 0.1) is 5.82 Å². The first-order chi connectivity index (χ1) is 8.83. The SMILES string of the molecule is CCOCCCCNCCOc1ccc(F)cc1. The summed E-state index contributed by atoms with van der Waals surface area (Å²) in [6.07, 6.45) is 2.19. The zero-order valence-electron chi connectivity index (χ0n) is 11.0. The van der Waals surface area contributed by atoms with Crippen molar-refractivity contribution in [2.75, 3.05) is 32.9 Å². The van der Waals surface area contributed by atoms with E-state index in [4.69, 9.17) is 9.47 Å². The van der Waals surface area contributed by atoms with Gasteiger partial charge in [0.2, 0.25) is 0 Å². The number of rotatable bonds is 10. The molecule has 0 heterocycles. The summed E-state index contributed by atoms with van der Waals surface area (Å²) in [6.45, 7) is 6.00. The van der Waals surface area contributed by atoms with E-state index in [9.17, 15) is 4.39 Å². The first-order valence-electron chi connectivity index (χ1n) is 6.49. The summed E-state index contributed by atoms with van der Waals surface area (Å²) in [5, 5.41) is 3.29. The third kappa shape index (κ3) is 7.25. The van der Waals surface area contributed by atoms with Gasteiger partial charge < -0.3 is 14.8 Å². The fourth-order valence-corrected chi connectivity index (χ4v) is 1.50. The molecule has 0 fully saturated rings. The average Bonchev–Trinajstić information content (AvgIpc) is 2.39. The predicted molar refractivity (Wildman–Crippen MR) is 70.5 cm³/mol. The highest BCUT2D eigenvalue weighted by Gasteiger charge is 1.94. The predicted octanol–water partition coefficient (Wildman–Crippen LogP) is 2.61. The smallest absolute Gasteiger partial charge is 0.123 e. The zero-order valence-corrected chi connectivity index (χ0v) is 11.0. The first kappa shape index (κ1) is 14.9. The Morgan fingerprint density at radius 3 is 2.56 bits per heavy atom. The van der Waals surface area contributed by atoms with E-state index in [-0.39, 0.29) is 5.82 Å². The number of halogens is 1. The van der Waals surface area contributed by atoms with Crippen molar-refractivity contribution < 1.29 is 13.9 Å². The number of hydrogen-bond acceptors (Lipinski definition) is 3. The van der Waals surface area contributed by atoms with Gasteiger partial charge in [-0.2, -0.15) is 0 Å². The molecular weight excluding hydrogens is 233 g/mol. The Balaban J connectivity index is 1.91. The van der Waals surface area contributed by atoms with Crippen LogP contribution in [-0.4, -0.2) is 32.9 Å². The van der Waals surface area contributed by atoms with Gasteiger partial charge in [-0.25, -0.2) is 4.39 Å². The van der Waals surface area contributed by atoms with E-state index < -0.39 is 0 Å². The molecule has 0 amide bonds. The maximum atomic E-state index is 12.6. The molecule has 0 saturated heterocycles. The van der Waals surface area contributed by atoms with Crippen molar-refractivity contribution in [3.8, 4) is 5.75 Å². The highest BCUT2D eigenvalue weighted by molar-refractivity contribution is 5.21. The van der Waals surface area contributed by atoms with E-state index in [0.29, 0.717) is 12.4 Å². The fourth-order valence-electron chi connectivity index (χ4n) is 1.50. The Labute approximate surface area is 108 Å². The van der Waals surface area contributed by atoms with Crippen LogP contribution < -0.4 is 10.1 Å². The Hall–Kier alpha value is -1.13. The average molecular weight is 255 g/mol. The quantitative estimate of drug-likeness (QED) is 0.652. The molecule has 0 aromatic heterocycles. The van der Waals surface area contributed by atoms with Crippen molar-refractivity contribution >= 4 is 0 Å². The molecule has 0 radical (unpaired) electrons. The summed E-state index contributed by atoms with van der Waals surface area (Å²) >= 11 is 0. The minimum atomic E-state index is -0.241. The van der Waals surface area contributed by atoms with E-state index in [0.717, 1.165) is 39.1 Å². The van der Waals surface area contributed by atoms with Gasteiger partial charge in [0.15, 0.2) is 0 Å². The molecule has 18 heavy (non-hydrogen) atoms. The Kier molecular flexibility index (Phi) is 8.17. The molecule has 0 bridgehead atoms. The van der Waals surface area contributed by atoms with Crippen LogP contribution in [-0.2, 0) is 4.74 Å². The van der Waals surface area contributed by atoms with Crippen molar-refractivity contribution in [2.45, 2.75) is 19.8 Å². The standard InChI is InChI=1S/C14H22FNO2/c1-2-17-11-4-3-9-16-10-12-18-14-7-5-13(15)6-8-14/h5-8,16H,2-4,9-12H2,1H3. The van der Waals surface area contributed by atoms with E-state index >= 15 is 0 Å². The molecule has 4 heteroatoms. The van der Waals surface area contributed by atoms with Crippen LogP contribution in [0.4, 0.5) is 4.39 Å². The van der Waals surface area contributed by atoms with E-state index in [1.807, 2.05) is 6.92 Å². The summed E-state index contributed by atoms with van der Waals surface area (Å²) in [7, 11) is 0. The summed E-state index contributed by atoms with van der Waals surface area (Å²) in [4.78, 5) is 0. The highest BCUT2D eigenvalue weighted by atomic mass is 19.1. The largest absolute Gasteiger partial charge is 0.492 e. The van der Waals surface area contributed by atoms with Crippen LogP contribution in [0.2, 0.25) is 0 Å². The Bertz CT molecular complexity index is 303. The van der Waals surface area contributed by atoms with Gasteiger partial charge in [-0.05, 0) is 50.6 Å². The lowest BCUT2D eigenvalue weighted by Gasteiger charge is -2.07. The molecule has 0 saturated carbocycles. The molecule has 0 aliphatic carbocycles. The van der Waals surface area contributed by atoms with Crippen LogP contribution in [0.15, 0.2) is 24.3 Å². The normalized spacial score (nSPS) is 10.6. The molecule has 1 rings (SSSR count). The number of benzene rings is 1. The topological polar surface area (TPSA) is 30.5 Å². The minimum absolute atomic E-state index is 0.241. The number of hydrogen-bond donors (Lipinski definition) is 1. The van der Waals surface area contributed by atoms with Gasteiger partial charge >= 0.3 is 0 Å². The van der Waals surface area contributed by atoms with Crippen LogP contribution in [0.5, 0.6) is 5.75 Å². The molecule has 0 atom stereocenters. The van der Waals surface area contributed by atoms with E-state index in [1.165, 1.54) is 12.1 Å². The molecule has 1 aromatic carbocycles. The van der Waals surface area contributed by atoms with Crippen molar-refractivity contribution in [3.63, 3.8) is 0 Å². The van der Waals surface area contributed by atoms with Crippen LogP contribution in [0.25, 0.3) is 0 Å². The third-order valence-electron chi connectivity index (χ3n) is 2.46. The molecule has 3 nitrogen and oxygen atoms in total. The fraction of sp³-hybridized carbons (Fsp3) is 0.571. The van der Waals surface area contributed by atoms with Crippen molar-refractivity contribution in [1.29, 1.82) is 0 Å². The lowest BCUT2D eigenvalue weighted by atomic mass is 10.3. The van der Waals surface area contributed by atoms with Gasteiger partial charge in [-0.3, -0.25) is 0 Å². The lowest BCUT2D eigenvalue weighted by molar-refractivity contribution is 0.143. The lowest BCUT2D eigenvalue weighted by Crippen LogP contribution is -2.22. The van der Waals surface area contributed by atoms with Gasteiger partial charge in [0.05, 0.1) is 0 Å². The van der Waals surface area contributed by atoms with Gasteiger partial charge in [0, 0.05) is 19.8 Å². The second kappa shape index (κ2) is 9.85. The number of nitrogens with one attached hydrogen (secondary N) is 1. The molecular formula is C14H22FNO2. The number of ether oxygens (including phenoxy) is 2. The van der Waals surface area contributed by atoms with E-state index in [1.54, 1.807) is 12.1 Å². The maximum Gasteiger partial charge on any atom is 0.123 e. The van der Waals surface area contributed by atoms with Crippen LogP contribution in [0.1, 0.15) is 19.8 Å². The molecule has 102 valence electrons. The second-order valence-electron chi connectivity index (χ2n) is 3.96.